The first-order valence-electron chi connectivity index (χ1n) is 10.1. The molecule has 1 heterocycles. The number of nitrogens with zero attached hydrogens (tertiary/aromatic N) is 2. The topological polar surface area (TPSA) is 71.1 Å². The third-order valence-corrected chi connectivity index (χ3v) is 5.07. The molecule has 1 N–H and O–H groups in total. The Balaban J connectivity index is 1.63. The Kier molecular flexibility index (Phi) is 7.82. The first kappa shape index (κ1) is 21.8. The van der Waals surface area contributed by atoms with Crippen LogP contribution in [-0.2, 0) is 14.3 Å². The van der Waals surface area contributed by atoms with Gasteiger partial charge in [0.05, 0.1) is 39.5 Å². The van der Waals surface area contributed by atoms with Gasteiger partial charge in [-0.3, -0.25) is 14.5 Å². The number of methoxy groups -OCH3 is 1. The normalized spacial score (nSPS) is 15.0. The van der Waals surface area contributed by atoms with Crippen LogP contribution in [-0.4, -0.2) is 75.2 Å². The first-order valence-corrected chi connectivity index (χ1v) is 10.1. The van der Waals surface area contributed by atoms with Crippen molar-refractivity contribution in [1.82, 2.24) is 15.1 Å². The van der Waals surface area contributed by atoms with Gasteiger partial charge >= 0.3 is 0 Å². The molecule has 0 unspecified atom stereocenters. The van der Waals surface area contributed by atoms with E-state index < -0.39 is 0 Å². The summed E-state index contributed by atoms with van der Waals surface area (Å²) in [7, 11) is 3.41. The second-order valence-corrected chi connectivity index (χ2v) is 7.35. The van der Waals surface area contributed by atoms with Gasteiger partial charge in [-0.1, -0.05) is 42.5 Å². The highest BCUT2D eigenvalue weighted by Gasteiger charge is 2.21. The van der Waals surface area contributed by atoms with E-state index in [0.717, 1.165) is 16.9 Å². The number of carbonyl (C=O) groups is 2. The predicted molar refractivity (Wildman–Crippen MR) is 114 cm³/mol. The molecule has 30 heavy (non-hydrogen) atoms. The summed E-state index contributed by atoms with van der Waals surface area (Å²) >= 11 is 0. The van der Waals surface area contributed by atoms with Gasteiger partial charge in [0.1, 0.15) is 5.75 Å². The van der Waals surface area contributed by atoms with Crippen LogP contribution >= 0.6 is 0 Å². The van der Waals surface area contributed by atoms with E-state index in [2.05, 4.69) is 5.32 Å². The minimum absolute atomic E-state index is 0.0170. The fourth-order valence-corrected chi connectivity index (χ4v) is 3.45. The number of hydrogen-bond donors (Lipinski definition) is 1. The molecule has 1 atom stereocenters. The quantitative estimate of drug-likeness (QED) is 0.716. The molecule has 2 aromatic carbocycles. The van der Waals surface area contributed by atoms with Crippen LogP contribution in [0.1, 0.15) is 17.2 Å². The minimum atomic E-state index is -0.284. The van der Waals surface area contributed by atoms with Gasteiger partial charge < -0.3 is 19.7 Å². The minimum Gasteiger partial charge on any atom is -0.497 e. The summed E-state index contributed by atoms with van der Waals surface area (Å²) in [5.74, 6) is 0.638. The van der Waals surface area contributed by atoms with Crippen LogP contribution in [0.2, 0.25) is 0 Å². The van der Waals surface area contributed by atoms with Gasteiger partial charge in [-0.15, -0.1) is 0 Å². The summed E-state index contributed by atoms with van der Waals surface area (Å²) in [6.45, 7) is 2.67. The van der Waals surface area contributed by atoms with Crippen molar-refractivity contribution in [2.24, 2.45) is 0 Å². The lowest BCUT2D eigenvalue weighted by molar-refractivity contribution is -0.136. The third kappa shape index (κ3) is 6.05. The highest BCUT2D eigenvalue weighted by atomic mass is 16.5. The first-order chi connectivity index (χ1) is 14.6. The van der Waals surface area contributed by atoms with Crippen LogP contribution < -0.4 is 10.1 Å². The summed E-state index contributed by atoms with van der Waals surface area (Å²) in [6, 6.07) is 17.2. The molecule has 2 aromatic rings. The van der Waals surface area contributed by atoms with Crippen LogP contribution in [0.25, 0.3) is 0 Å². The molecule has 1 fully saturated rings. The molecular formula is C23H29N3O4. The molecule has 0 aliphatic carbocycles. The van der Waals surface area contributed by atoms with Crippen molar-refractivity contribution in [2.75, 3.05) is 53.6 Å². The van der Waals surface area contributed by atoms with Gasteiger partial charge in [0.25, 0.3) is 0 Å². The molecular weight excluding hydrogens is 382 g/mol. The lowest BCUT2D eigenvalue weighted by Gasteiger charge is -2.29. The Morgan fingerprint density at radius 3 is 2.30 bits per heavy atom. The molecule has 2 amide bonds. The number of carbonyl (C=O) groups excluding carboxylic acids is 2. The molecule has 1 saturated heterocycles. The molecule has 1 aliphatic rings. The van der Waals surface area contributed by atoms with Crippen molar-refractivity contribution in [3.05, 3.63) is 65.7 Å². The molecule has 7 nitrogen and oxygen atoms in total. The maximum atomic E-state index is 12.8. The van der Waals surface area contributed by atoms with Crippen molar-refractivity contribution in [2.45, 2.75) is 6.04 Å². The monoisotopic (exact) mass is 411 g/mol. The molecule has 160 valence electrons. The maximum Gasteiger partial charge on any atom is 0.236 e. The van der Waals surface area contributed by atoms with Crippen LogP contribution in [0.3, 0.4) is 0 Å². The fourth-order valence-electron chi connectivity index (χ4n) is 3.45. The van der Waals surface area contributed by atoms with Gasteiger partial charge in [0, 0.05) is 13.1 Å². The number of likely N-dealkylation sites (N-methyl/N-ethyl adjacent to an activating group) is 1. The molecule has 0 spiro atoms. The lowest BCUT2D eigenvalue weighted by atomic mass is 9.98. The largest absolute Gasteiger partial charge is 0.497 e. The van der Waals surface area contributed by atoms with Crippen molar-refractivity contribution < 1.29 is 19.1 Å². The van der Waals surface area contributed by atoms with E-state index in [-0.39, 0.29) is 30.9 Å². The molecule has 0 saturated carbocycles. The average Bonchev–Trinajstić information content (AvgIpc) is 2.78. The summed E-state index contributed by atoms with van der Waals surface area (Å²) in [5, 5.41) is 3.10. The second-order valence-electron chi connectivity index (χ2n) is 7.35. The number of ether oxygens (including phenoxy) is 2. The highest BCUT2D eigenvalue weighted by Crippen LogP contribution is 2.24. The van der Waals surface area contributed by atoms with Gasteiger partial charge in [0.2, 0.25) is 11.8 Å². The van der Waals surface area contributed by atoms with Gasteiger partial charge in [-0.2, -0.15) is 0 Å². The average molecular weight is 412 g/mol. The van der Waals surface area contributed by atoms with E-state index in [1.807, 2.05) is 54.6 Å². The van der Waals surface area contributed by atoms with Crippen molar-refractivity contribution >= 4 is 11.8 Å². The number of hydrogen-bond acceptors (Lipinski definition) is 5. The number of morpholine rings is 1. The fraction of sp³-hybridized carbons (Fsp3) is 0.391. The van der Waals surface area contributed by atoms with Crippen LogP contribution in [0.4, 0.5) is 0 Å². The van der Waals surface area contributed by atoms with Crippen LogP contribution in [0.5, 0.6) is 5.75 Å². The number of amides is 2. The molecule has 0 bridgehead atoms. The lowest BCUT2D eigenvalue weighted by Crippen LogP contribution is -2.46. The van der Waals surface area contributed by atoms with E-state index in [1.54, 1.807) is 24.0 Å². The molecule has 0 aromatic heterocycles. The zero-order valence-electron chi connectivity index (χ0n) is 17.5. The Morgan fingerprint density at radius 2 is 1.67 bits per heavy atom. The van der Waals surface area contributed by atoms with E-state index in [0.29, 0.717) is 26.3 Å². The van der Waals surface area contributed by atoms with E-state index in [1.165, 1.54) is 0 Å². The number of nitrogens with one attached hydrogen (secondary N) is 1. The van der Waals surface area contributed by atoms with Crippen molar-refractivity contribution in [3.63, 3.8) is 0 Å². The maximum absolute atomic E-state index is 12.8. The van der Waals surface area contributed by atoms with Gasteiger partial charge in [-0.25, -0.2) is 0 Å². The summed E-state index contributed by atoms with van der Waals surface area (Å²) in [4.78, 5) is 28.7. The molecule has 1 aliphatic heterocycles. The number of benzene rings is 2. The summed E-state index contributed by atoms with van der Waals surface area (Å²) in [6.07, 6.45) is 0. The standard InChI is InChI=1S/C23H29N3O4/c1-25(17-22(28)26-12-14-30-15-13-26)16-21(27)24-23(18-6-4-3-5-7-18)19-8-10-20(29-2)11-9-19/h3-11,23H,12-17H2,1-2H3,(H,24,27)/t23-/m1/s1. The van der Waals surface area contributed by atoms with Gasteiger partial charge in [-0.05, 0) is 30.3 Å². The van der Waals surface area contributed by atoms with Gasteiger partial charge in [0.15, 0.2) is 0 Å². The van der Waals surface area contributed by atoms with Crippen molar-refractivity contribution in [3.8, 4) is 5.75 Å². The van der Waals surface area contributed by atoms with E-state index >= 15 is 0 Å². The van der Waals surface area contributed by atoms with Crippen LogP contribution in [0, 0.1) is 0 Å². The molecule has 3 rings (SSSR count). The number of rotatable bonds is 8. The summed E-state index contributed by atoms with van der Waals surface area (Å²) < 4.78 is 10.5. The van der Waals surface area contributed by atoms with E-state index in [4.69, 9.17) is 9.47 Å². The smallest absolute Gasteiger partial charge is 0.236 e. The zero-order chi connectivity index (χ0) is 21.3. The second kappa shape index (κ2) is 10.8. The van der Waals surface area contributed by atoms with Crippen LogP contribution in [0.15, 0.2) is 54.6 Å². The highest BCUT2D eigenvalue weighted by molar-refractivity contribution is 5.81. The zero-order valence-corrected chi connectivity index (χ0v) is 17.5. The third-order valence-electron chi connectivity index (χ3n) is 5.07. The Bertz CT molecular complexity index is 820. The SMILES string of the molecule is COc1ccc([C@H](NC(=O)CN(C)CC(=O)N2CCOCC2)c2ccccc2)cc1. The van der Waals surface area contributed by atoms with Crippen molar-refractivity contribution in [1.29, 1.82) is 0 Å². The molecule has 7 heteroatoms. The molecule has 0 radical (unpaired) electrons. The van der Waals surface area contributed by atoms with E-state index in [9.17, 15) is 9.59 Å². The Labute approximate surface area is 177 Å². The summed E-state index contributed by atoms with van der Waals surface area (Å²) in [5.41, 5.74) is 1.95. The predicted octanol–water partition coefficient (Wildman–Crippen LogP) is 1.69. The Morgan fingerprint density at radius 1 is 1.03 bits per heavy atom. The Hall–Kier alpha value is -2.90.